The van der Waals surface area contributed by atoms with Crippen molar-refractivity contribution >= 4 is 28.6 Å². The third kappa shape index (κ3) is 3.65. The number of carbonyl (C=O) groups excluding carboxylic acids is 1. The van der Waals surface area contributed by atoms with Crippen LogP contribution in [-0.2, 0) is 0 Å². The first-order valence-electron chi connectivity index (χ1n) is 6.51. The Kier molecular flexibility index (Phi) is 5.28. The zero-order valence-electron chi connectivity index (χ0n) is 11.5. The van der Waals surface area contributed by atoms with Gasteiger partial charge in [0.25, 0.3) is 5.91 Å². The third-order valence-electron chi connectivity index (χ3n) is 3.07. The molecular weight excluding hydrogens is 292 g/mol. The van der Waals surface area contributed by atoms with E-state index in [0.717, 1.165) is 10.6 Å². The van der Waals surface area contributed by atoms with Gasteiger partial charge in [0.05, 0.1) is 0 Å². The number of aliphatic hydroxyl groups excluding tert-OH is 1. The molecule has 108 valence electrons. The van der Waals surface area contributed by atoms with Crippen LogP contribution in [0.1, 0.15) is 30.8 Å². The summed E-state index contributed by atoms with van der Waals surface area (Å²) in [6, 6.07) is 1.97. The molecule has 0 aliphatic carbocycles. The maximum Gasteiger partial charge on any atom is 0.271 e. The van der Waals surface area contributed by atoms with Crippen LogP contribution in [0.3, 0.4) is 0 Å². The molecule has 4 nitrogen and oxygen atoms in total. The minimum absolute atomic E-state index is 0.0289. The van der Waals surface area contributed by atoms with E-state index in [1.807, 2.05) is 30.7 Å². The minimum atomic E-state index is -0.171. The molecule has 2 aromatic heterocycles. The number of carbonyl (C=O) groups is 1. The second-order valence-corrected chi connectivity index (χ2v) is 6.52. The second kappa shape index (κ2) is 6.97. The quantitative estimate of drug-likeness (QED) is 0.862. The first-order valence-corrected chi connectivity index (χ1v) is 8.34. The summed E-state index contributed by atoms with van der Waals surface area (Å²) in [5, 5.41) is 18.6. The molecule has 1 amide bonds. The van der Waals surface area contributed by atoms with Crippen molar-refractivity contribution < 1.29 is 9.90 Å². The first kappa shape index (κ1) is 15.2. The molecule has 1 atom stereocenters. The van der Waals surface area contributed by atoms with Crippen molar-refractivity contribution in [1.29, 1.82) is 0 Å². The number of rotatable bonds is 6. The fraction of sp³-hybridized carbons (Fsp3) is 0.429. The van der Waals surface area contributed by atoms with Gasteiger partial charge in [0.15, 0.2) is 0 Å². The van der Waals surface area contributed by atoms with Gasteiger partial charge in [-0.1, -0.05) is 13.8 Å². The monoisotopic (exact) mass is 310 g/mol. The van der Waals surface area contributed by atoms with Gasteiger partial charge in [-0.25, -0.2) is 4.98 Å². The van der Waals surface area contributed by atoms with E-state index < -0.39 is 0 Å². The molecule has 0 saturated heterocycles. The SMILES string of the molecule is CC(C)C(CCO)NC(=O)c1csc(-c2ccsc2)n1. The van der Waals surface area contributed by atoms with Crippen LogP contribution in [0.15, 0.2) is 22.2 Å². The number of nitrogens with zero attached hydrogens (tertiary/aromatic N) is 1. The van der Waals surface area contributed by atoms with Crippen LogP contribution >= 0.6 is 22.7 Å². The summed E-state index contributed by atoms with van der Waals surface area (Å²) in [7, 11) is 0. The van der Waals surface area contributed by atoms with E-state index >= 15 is 0 Å². The first-order chi connectivity index (χ1) is 9.61. The topological polar surface area (TPSA) is 62.2 Å². The summed E-state index contributed by atoms with van der Waals surface area (Å²) in [5.41, 5.74) is 1.50. The summed E-state index contributed by atoms with van der Waals surface area (Å²) < 4.78 is 0. The van der Waals surface area contributed by atoms with Gasteiger partial charge in [-0.05, 0) is 23.8 Å². The van der Waals surface area contributed by atoms with Crippen molar-refractivity contribution in [3.63, 3.8) is 0 Å². The molecule has 2 N–H and O–H groups in total. The van der Waals surface area contributed by atoms with Crippen LogP contribution in [0.2, 0.25) is 0 Å². The van der Waals surface area contributed by atoms with E-state index in [4.69, 9.17) is 5.11 Å². The van der Waals surface area contributed by atoms with Crippen molar-refractivity contribution in [3.8, 4) is 10.6 Å². The van der Waals surface area contributed by atoms with E-state index in [1.54, 1.807) is 16.7 Å². The molecule has 0 aromatic carbocycles. The van der Waals surface area contributed by atoms with E-state index in [9.17, 15) is 4.79 Å². The lowest BCUT2D eigenvalue weighted by molar-refractivity contribution is 0.0912. The van der Waals surface area contributed by atoms with Gasteiger partial charge in [-0.15, -0.1) is 11.3 Å². The van der Waals surface area contributed by atoms with Gasteiger partial charge in [-0.2, -0.15) is 11.3 Å². The Morgan fingerprint density at radius 2 is 2.25 bits per heavy atom. The number of thiazole rings is 1. The molecule has 0 aliphatic heterocycles. The lowest BCUT2D eigenvalue weighted by atomic mass is 10.0. The maximum absolute atomic E-state index is 12.2. The Hall–Kier alpha value is -1.24. The van der Waals surface area contributed by atoms with Gasteiger partial charge < -0.3 is 10.4 Å². The Bertz CT molecular complexity index is 549. The van der Waals surface area contributed by atoms with Gasteiger partial charge in [-0.3, -0.25) is 4.79 Å². The number of thiophene rings is 1. The molecule has 2 aromatic rings. The highest BCUT2D eigenvalue weighted by atomic mass is 32.1. The van der Waals surface area contributed by atoms with Crippen molar-refractivity contribution in [2.75, 3.05) is 6.61 Å². The molecule has 6 heteroatoms. The largest absolute Gasteiger partial charge is 0.396 e. The average molecular weight is 310 g/mol. The lowest BCUT2D eigenvalue weighted by Crippen LogP contribution is -2.39. The predicted molar refractivity (Wildman–Crippen MR) is 83.2 cm³/mol. The second-order valence-electron chi connectivity index (χ2n) is 4.89. The molecular formula is C14H18N2O2S2. The molecule has 0 bridgehead atoms. The predicted octanol–water partition coefficient (Wildman–Crippen LogP) is 3.01. The van der Waals surface area contributed by atoms with Crippen LogP contribution in [0.4, 0.5) is 0 Å². The summed E-state index contributed by atoms with van der Waals surface area (Å²) in [5.74, 6) is 0.107. The molecule has 2 rings (SSSR count). The Labute approximate surface area is 126 Å². The number of amides is 1. The molecule has 0 aliphatic rings. The smallest absolute Gasteiger partial charge is 0.271 e. The van der Waals surface area contributed by atoms with E-state index in [1.165, 1.54) is 11.3 Å². The van der Waals surface area contributed by atoms with Crippen LogP contribution in [-0.4, -0.2) is 28.6 Å². The molecule has 20 heavy (non-hydrogen) atoms. The van der Waals surface area contributed by atoms with E-state index in [0.29, 0.717) is 12.1 Å². The minimum Gasteiger partial charge on any atom is -0.396 e. The standard InChI is InChI=1S/C14H18N2O2S2/c1-9(2)11(3-5-17)15-13(18)12-8-20-14(16-12)10-4-6-19-7-10/h4,6-9,11,17H,3,5H2,1-2H3,(H,15,18). The fourth-order valence-corrected chi connectivity index (χ4v) is 3.36. The van der Waals surface area contributed by atoms with Gasteiger partial charge >= 0.3 is 0 Å². The summed E-state index contributed by atoms with van der Waals surface area (Å²) in [6.45, 7) is 4.12. The molecule has 1 unspecified atom stereocenters. The molecule has 0 radical (unpaired) electrons. The lowest BCUT2D eigenvalue weighted by Gasteiger charge is -2.20. The number of nitrogens with one attached hydrogen (secondary N) is 1. The van der Waals surface area contributed by atoms with Gasteiger partial charge in [0.2, 0.25) is 0 Å². The van der Waals surface area contributed by atoms with Crippen molar-refractivity contribution in [2.45, 2.75) is 26.3 Å². The molecule has 0 saturated carbocycles. The summed E-state index contributed by atoms with van der Waals surface area (Å²) >= 11 is 3.08. The number of hydrogen-bond donors (Lipinski definition) is 2. The van der Waals surface area contributed by atoms with Crippen LogP contribution in [0.25, 0.3) is 10.6 Å². The maximum atomic E-state index is 12.2. The van der Waals surface area contributed by atoms with Gasteiger partial charge in [0, 0.05) is 29.0 Å². The van der Waals surface area contributed by atoms with E-state index in [-0.39, 0.29) is 24.5 Å². The third-order valence-corrected chi connectivity index (χ3v) is 4.64. The highest BCUT2D eigenvalue weighted by Gasteiger charge is 2.18. The number of hydrogen-bond acceptors (Lipinski definition) is 5. The Morgan fingerprint density at radius 3 is 2.85 bits per heavy atom. The van der Waals surface area contributed by atoms with Crippen molar-refractivity contribution in [2.24, 2.45) is 5.92 Å². The van der Waals surface area contributed by atoms with Crippen LogP contribution in [0, 0.1) is 5.92 Å². The highest BCUT2D eigenvalue weighted by Crippen LogP contribution is 2.25. The van der Waals surface area contributed by atoms with Crippen molar-refractivity contribution in [3.05, 3.63) is 27.9 Å². The Morgan fingerprint density at radius 1 is 1.45 bits per heavy atom. The zero-order valence-corrected chi connectivity index (χ0v) is 13.1. The summed E-state index contributed by atoms with van der Waals surface area (Å²) in [4.78, 5) is 16.5. The number of aliphatic hydroxyl groups is 1. The van der Waals surface area contributed by atoms with Crippen LogP contribution in [0.5, 0.6) is 0 Å². The fourth-order valence-electron chi connectivity index (χ4n) is 1.85. The molecule has 0 spiro atoms. The van der Waals surface area contributed by atoms with Gasteiger partial charge in [0.1, 0.15) is 10.7 Å². The average Bonchev–Trinajstić information content (AvgIpc) is 3.08. The highest BCUT2D eigenvalue weighted by molar-refractivity contribution is 7.14. The van der Waals surface area contributed by atoms with Crippen molar-refractivity contribution in [1.82, 2.24) is 10.3 Å². The zero-order chi connectivity index (χ0) is 14.5. The Balaban J connectivity index is 2.06. The van der Waals surface area contributed by atoms with Crippen LogP contribution < -0.4 is 5.32 Å². The normalized spacial score (nSPS) is 12.6. The molecule has 0 fully saturated rings. The number of aromatic nitrogens is 1. The van der Waals surface area contributed by atoms with E-state index in [2.05, 4.69) is 10.3 Å². The summed E-state index contributed by atoms with van der Waals surface area (Å²) in [6.07, 6.45) is 0.560. The molecule has 2 heterocycles.